The summed E-state index contributed by atoms with van der Waals surface area (Å²) in [6, 6.07) is 10.7. The van der Waals surface area contributed by atoms with Crippen LogP contribution in [0.1, 0.15) is 45.6 Å². The molecule has 0 heterocycles. The highest BCUT2D eigenvalue weighted by Crippen LogP contribution is 2.38. The molecule has 116 valence electrons. The Labute approximate surface area is 130 Å². The second kappa shape index (κ2) is 7.79. The summed E-state index contributed by atoms with van der Waals surface area (Å²) in [5, 5.41) is 0. The van der Waals surface area contributed by atoms with Gasteiger partial charge in [-0.15, -0.1) is 0 Å². The molecule has 2 rings (SSSR count). The molecule has 21 heavy (non-hydrogen) atoms. The van der Waals surface area contributed by atoms with E-state index in [1.807, 2.05) is 0 Å². The maximum Gasteiger partial charge on any atom is 0.0264 e. The zero-order valence-electron chi connectivity index (χ0n) is 13.8. The number of allylic oxidation sites excluding steroid dienone is 1. The summed E-state index contributed by atoms with van der Waals surface area (Å²) in [5.74, 6) is 3.19. The fourth-order valence-corrected chi connectivity index (χ4v) is 3.74. The predicted molar refractivity (Wildman–Crippen MR) is 92.1 cm³/mol. The Hall–Kier alpha value is -1.08. The van der Waals surface area contributed by atoms with E-state index in [1.54, 1.807) is 0 Å². The number of hydrogen-bond donors (Lipinski definition) is 1. The highest BCUT2D eigenvalue weighted by molar-refractivity contribution is 5.17. The number of rotatable bonds is 5. The normalized spacial score (nSPS) is 28.1. The molecule has 1 heteroatoms. The minimum absolute atomic E-state index is 0.137. The van der Waals surface area contributed by atoms with E-state index in [0.717, 1.165) is 30.1 Å². The SMILES string of the molecule is CC(C)[C@@H]1CC[C@@H](C)C[C@H]1/C=C/[C@@H](N)Cc1ccccc1. The molecular weight excluding hydrogens is 254 g/mol. The van der Waals surface area contributed by atoms with Crippen LogP contribution in [0.2, 0.25) is 0 Å². The minimum atomic E-state index is 0.137. The summed E-state index contributed by atoms with van der Waals surface area (Å²) in [6.45, 7) is 7.12. The third-order valence-corrected chi connectivity index (χ3v) is 4.99. The van der Waals surface area contributed by atoms with Gasteiger partial charge in [0.2, 0.25) is 0 Å². The second-order valence-electron chi connectivity index (χ2n) is 7.23. The molecule has 0 saturated heterocycles. The van der Waals surface area contributed by atoms with Crippen molar-refractivity contribution in [2.75, 3.05) is 0 Å². The lowest BCUT2D eigenvalue weighted by atomic mass is 9.70. The zero-order valence-corrected chi connectivity index (χ0v) is 13.8. The van der Waals surface area contributed by atoms with Gasteiger partial charge in [0.15, 0.2) is 0 Å². The minimum Gasteiger partial charge on any atom is -0.324 e. The summed E-state index contributed by atoms with van der Waals surface area (Å²) >= 11 is 0. The zero-order chi connectivity index (χ0) is 15.2. The molecule has 0 spiro atoms. The first-order chi connectivity index (χ1) is 10.1. The molecule has 0 aliphatic heterocycles. The van der Waals surface area contributed by atoms with Crippen molar-refractivity contribution in [2.45, 2.75) is 52.5 Å². The summed E-state index contributed by atoms with van der Waals surface area (Å²) in [4.78, 5) is 0. The van der Waals surface area contributed by atoms with Gasteiger partial charge < -0.3 is 5.73 Å². The Kier molecular flexibility index (Phi) is 6.05. The van der Waals surface area contributed by atoms with Gasteiger partial charge in [0.05, 0.1) is 0 Å². The maximum atomic E-state index is 6.29. The fourth-order valence-electron chi connectivity index (χ4n) is 3.74. The van der Waals surface area contributed by atoms with Crippen LogP contribution in [0.15, 0.2) is 42.5 Å². The van der Waals surface area contributed by atoms with Crippen molar-refractivity contribution in [1.82, 2.24) is 0 Å². The van der Waals surface area contributed by atoms with E-state index in [-0.39, 0.29) is 6.04 Å². The van der Waals surface area contributed by atoms with Crippen LogP contribution in [0.5, 0.6) is 0 Å². The standard InChI is InChI=1S/C20H31N/c1-15(2)20-12-9-16(3)13-18(20)10-11-19(21)14-17-7-5-4-6-8-17/h4-8,10-11,15-16,18-20H,9,12-14,21H2,1-3H3/b11-10+/t16-,18-,19-,20+/m1/s1. The quantitative estimate of drug-likeness (QED) is 0.771. The lowest BCUT2D eigenvalue weighted by Crippen LogP contribution is -2.27. The topological polar surface area (TPSA) is 26.0 Å². The number of nitrogens with two attached hydrogens (primary N) is 1. The van der Waals surface area contributed by atoms with Gasteiger partial charge >= 0.3 is 0 Å². The van der Waals surface area contributed by atoms with Gasteiger partial charge in [0.25, 0.3) is 0 Å². The molecule has 0 bridgehead atoms. The first kappa shape index (κ1) is 16.3. The van der Waals surface area contributed by atoms with E-state index >= 15 is 0 Å². The van der Waals surface area contributed by atoms with Gasteiger partial charge in [0.1, 0.15) is 0 Å². The van der Waals surface area contributed by atoms with Crippen molar-refractivity contribution in [2.24, 2.45) is 29.4 Å². The third kappa shape index (κ3) is 5.00. The highest BCUT2D eigenvalue weighted by Gasteiger charge is 2.28. The van der Waals surface area contributed by atoms with Crippen LogP contribution in [-0.2, 0) is 6.42 Å². The average Bonchev–Trinajstić information content (AvgIpc) is 2.46. The molecule has 1 nitrogen and oxygen atoms in total. The van der Waals surface area contributed by atoms with Crippen molar-refractivity contribution in [3.63, 3.8) is 0 Å². The third-order valence-electron chi connectivity index (χ3n) is 4.99. The molecule has 0 unspecified atom stereocenters. The highest BCUT2D eigenvalue weighted by atomic mass is 14.6. The Morgan fingerprint density at radius 3 is 2.57 bits per heavy atom. The van der Waals surface area contributed by atoms with Gasteiger partial charge in [-0.05, 0) is 48.5 Å². The molecule has 1 fully saturated rings. The van der Waals surface area contributed by atoms with E-state index in [1.165, 1.54) is 24.8 Å². The molecule has 4 atom stereocenters. The summed E-state index contributed by atoms with van der Waals surface area (Å²) in [5.41, 5.74) is 7.62. The smallest absolute Gasteiger partial charge is 0.0264 e. The van der Waals surface area contributed by atoms with Crippen molar-refractivity contribution >= 4 is 0 Å². The van der Waals surface area contributed by atoms with Crippen molar-refractivity contribution in [3.05, 3.63) is 48.0 Å². The van der Waals surface area contributed by atoms with Crippen LogP contribution in [0.25, 0.3) is 0 Å². The van der Waals surface area contributed by atoms with Gasteiger partial charge in [-0.2, -0.15) is 0 Å². The maximum absolute atomic E-state index is 6.29. The van der Waals surface area contributed by atoms with Gasteiger partial charge in [-0.25, -0.2) is 0 Å². The van der Waals surface area contributed by atoms with E-state index in [0.29, 0.717) is 0 Å². The van der Waals surface area contributed by atoms with Gasteiger partial charge in [-0.3, -0.25) is 0 Å². The molecular formula is C20H31N. The Morgan fingerprint density at radius 1 is 1.19 bits per heavy atom. The summed E-state index contributed by atoms with van der Waals surface area (Å²) in [7, 11) is 0. The Morgan fingerprint density at radius 2 is 1.90 bits per heavy atom. The fraction of sp³-hybridized carbons (Fsp3) is 0.600. The van der Waals surface area contributed by atoms with Crippen molar-refractivity contribution in [3.8, 4) is 0 Å². The first-order valence-electron chi connectivity index (χ1n) is 8.54. The molecule has 1 saturated carbocycles. The van der Waals surface area contributed by atoms with Crippen LogP contribution in [0.3, 0.4) is 0 Å². The average molecular weight is 285 g/mol. The van der Waals surface area contributed by atoms with Crippen LogP contribution >= 0.6 is 0 Å². The van der Waals surface area contributed by atoms with Crippen LogP contribution in [0, 0.1) is 23.7 Å². The molecule has 1 aromatic rings. The molecule has 1 aliphatic rings. The van der Waals surface area contributed by atoms with Crippen LogP contribution < -0.4 is 5.73 Å². The Bertz CT molecular complexity index is 434. The van der Waals surface area contributed by atoms with E-state index in [4.69, 9.17) is 5.73 Å². The van der Waals surface area contributed by atoms with Crippen molar-refractivity contribution in [1.29, 1.82) is 0 Å². The summed E-state index contributed by atoms with van der Waals surface area (Å²) < 4.78 is 0. The molecule has 1 aromatic carbocycles. The van der Waals surface area contributed by atoms with E-state index < -0.39 is 0 Å². The molecule has 0 radical (unpaired) electrons. The summed E-state index contributed by atoms with van der Waals surface area (Å²) in [6.07, 6.45) is 9.72. The number of hydrogen-bond acceptors (Lipinski definition) is 1. The lowest BCUT2D eigenvalue weighted by Gasteiger charge is -2.36. The lowest BCUT2D eigenvalue weighted by molar-refractivity contribution is 0.178. The molecule has 0 aromatic heterocycles. The monoisotopic (exact) mass is 285 g/mol. The largest absolute Gasteiger partial charge is 0.324 e. The molecule has 0 amide bonds. The van der Waals surface area contributed by atoms with Gasteiger partial charge in [-0.1, -0.05) is 69.7 Å². The first-order valence-corrected chi connectivity index (χ1v) is 8.54. The number of benzene rings is 1. The van der Waals surface area contributed by atoms with E-state index in [9.17, 15) is 0 Å². The second-order valence-corrected chi connectivity index (χ2v) is 7.23. The molecule has 2 N–H and O–H groups in total. The van der Waals surface area contributed by atoms with Gasteiger partial charge in [0, 0.05) is 6.04 Å². The van der Waals surface area contributed by atoms with Crippen molar-refractivity contribution < 1.29 is 0 Å². The predicted octanol–water partition coefficient (Wildman–Crippen LogP) is 4.82. The molecule has 1 aliphatic carbocycles. The van der Waals surface area contributed by atoms with Crippen LogP contribution in [0.4, 0.5) is 0 Å². The Balaban J connectivity index is 1.94. The van der Waals surface area contributed by atoms with Crippen LogP contribution in [-0.4, -0.2) is 6.04 Å². The van der Waals surface area contributed by atoms with E-state index in [2.05, 4.69) is 63.3 Å².